The fourth-order valence-electron chi connectivity index (χ4n) is 3.94. The minimum atomic E-state index is -0.302. The zero-order valence-electron chi connectivity index (χ0n) is 17.2. The van der Waals surface area contributed by atoms with E-state index in [-0.39, 0.29) is 24.0 Å². The normalized spacial score (nSPS) is 14.2. The predicted molar refractivity (Wildman–Crippen MR) is 118 cm³/mol. The van der Waals surface area contributed by atoms with Crippen LogP contribution in [0.15, 0.2) is 72.6 Å². The number of Topliss-reactive ketones (excluding diaryl/α,β-unsaturated/α-hetero) is 1. The fraction of sp³-hybridized carbons (Fsp3) is 0.115. The van der Waals surface area contributed by atoms with Gasteiger partial charge in [-0.05, 0) is 48.9 Å². The molecule has 1 aliphatic rings. The van der Waals surface area contributed by atoms with E-state index < -0.39 is 0 Å². The smallest absolute Gasteiger partial charge is 0.231 e. The average molecular weight is 413 g/mol. The number of rotatable bonds is 4. The van der Waals surface area contributed by atoms with Gasteiger partial charge in [0, 0.05) is 35.3 Å². The molecule has 0 bridgehead atoms. The molecular weight excluding hydrogens is 393 g/mol. The number of aryl methyl sites for hydroxylation is 1. The minimum Gasteiger partial charge on any atom is -0.488 e. The van der Waals surface area contributed by atoms with Crippen molar-refractivity contribution in [3.63, 3.8) is 0 Å². The number of nitrogens with zero attached hydrogens (tertiary/aromatic N) is 1. The van der Waals surface area contributed by atoms with Gasteiger partial charge >= 0.3 is 0 Å². The van der Waals surface area contributed by atoms with Crippen LogP contribution in [0.5, 0.6) is 11.5 Å². The van der Waals surface area contributed by atoms with E-state index in [1.165, 1.54) is 12.1 Å². The molecule has 0 aliphatic carbocycles. The molecule has 4 aromatic rings. The Bertz CT molecular complexity index is 1370. The van der Waals surface area contributed by atoms with Gasteiger partial charge in [0.25, 0.3) is 0 Å². The van der Waals surface area contributed by atoms with Crippen molar-refractivity contribution in [3.8, 4) is 11.5 Å². The van der Waals surface area contributed by atoms with E-state index in [1.54, 1.807) is 30.3 Å². The first-order chi connectivity index (χ1) is 15.0. The van der Waals surface area contributed by atoms with E-state index in [1.807, 2.05) is 49.0 Å². The number of benzene rings is 3. The number of ketones is 1. The minimum absolute atomic E-state index is 0.150. The average Bonchev–Trinajstić information content (AvgIpc) is 3.26. The molecule has 0 radical (unpaired) electrons. The zero-order chi connectivity index (χ0) is 21.5. The van der Waals surface area contributed by atoms with Gasteiger partial charge in [-0.25, -0.2) is 4.39 Å². The van der Waals surface area contributed by atoms with E-state index in [0.29, 0.717) is 17.1 Å². The van der Waals surface area contributed by atoms with Crippen LogP contribution in [-0.2, 0) is 13.7 Å². The van der Waals surface area contributed by atoms with Crippen LogP contribution < -0.4 is 9.47 Å². The van der Waals surface area contributed by atoms with Crippen LogP contribution >= 0.6 is 0 Å². The van der Waals surface area contributed by atoms with Gasteiger partial charge in [0.2, 0.25) is 5.78 Å². The zero-order valence-corrected chi connectivity index (χ0v) is 17.2. The lowest BCUT2D eigenvalue weighted by atomic mass is 10.1. The number of aromatic nitrogens is 1. The van der Waals surface area contributed by atoms with Crippen LogP contribution in [0.1, 0.15) is 27.0 Å². The molecule has 0 unspecified atom stereocenters. The molecule has 0 spiro atoms. The second-order valence-corrected chi connectivity index (χ2v) is 7.64. The summed E-state index contributed by atoms with van der Waals surface area (Å²) in [7, 11) is 1.97. The highest BCUT2D eigenvalue weighted by molar-refractivity contribution is 6.15. The van der Waals surface area contributed by atoms with Gasteiger partial charge in [0.05, 0.1) is 5.56 Å². The van der Waals surface area contributed by atoms with Crippen molar-refractivity contribution in [2.45, 2.75) is 13.5 Å². The fourth-order valence-corrected chi connectivity index (χ4v) is 3.94. The molecular formula is C26H20FNO3. The van der Waals surface area contributed by atoms with Gasteiger partial charge in [0.1, 0.15) is 23.9 Å². The standard InChI is InChI=1S/C26H20FNO3/c1-16-23(30-15-17-6-5-7-19(27)12-17)11-10-21-25(29)24(31-26(16)21)13-18-14-28(2)22-9-4-3-8-20(18)22/h3-14H,15H2,1-2H3/b24-13-. The van der Waals surface area contributed by atoms with Gasteiger partial charge in [0.15, 0.2) is 5.76 Å². The van der Waals surface area contributed by atoms with Crippen LogP contribution in [0.25, 0.3) is 17.0 Å². The van der Waals surface area contributed by atoms with Gasteiger partial charge in [-0.3, -0.25) is 4.79 Å². The molecule has 4 nitrogen and oxygen atoms in total. The van der Waals surface area contributed by atoms with Crippen molar-refractivity contribution in [1.29, 1.82) is 0 Å². The Morgan fingerprint density at radius 3 is 2.77 bits per heavy atom. The third-order valence-electron chi connectivity index (χ3n) is 5.53. The summed E-state index contributed by atoms with van der Waals surface area (Å²) in [5, 5.41) is 1.06. The van der Waals surface area contributed by atoms with E-state index in [4.69, 9.17) is 9.47 Å². The molecule has 154 valence electrons. The number of allylic oxidation sites excluding steroid dienone is 1. The number of fused-ring (bicyclic) bond motifs is 2. The second kappa shape index (κ2) is 7.43. The van der Waals surface area contributed by atoms with E-state index >= 15 is 0 Å². The summed E-state index contributed by atoms with van der Waals surface area (Å²) >= 11 is 0. The quantitative estimate of drug-likeness (QED) is 0.396. The third-order valence-corrected chi connectivity index (χ3v) is 5.53. The Labute approximate surface area is 179 Å². The Hall–Kier alpha value is -3.86. The van der Waals surface area contributed by atoms with Gasteiger partial charge in [-0.15, -0.1) is 0 Å². The number of para-hydroxylation sites is 1. The van der Waals surface area contributed by atoms with Crippen molar-refractivity contribution >= 4 is 22.8 Å². The maximum atomic E-state index is 13.4. The van der Waals surface area contributed by atoms with Crippen molar-refractivity contribution in [3.05, 3.63) is 101 Å². The number of carbonyl (C=O) groups excluding carboxylic acids is 1. The Balaban J connectivity index is 1.44. The first-order valence-electron chi connectivity index (χ1n) is 10.0. The van der Waals surface area contributed by atoms with Crippen LogP contribution in [0.3, 0.4) is 0 Å². The summed E-state index contributed by atoms with van der Waals surface area (Å²) in [5.41, 5.74) is 4.00. The summed E-state index contributed by atoms with van der Waals surface area (Å²) < 4.78 is 27.3. The van der Waals surface area contributed by atoms with Gasteiger partial charge in [-0.1, -0.05) is 30.3 Å². The molecule has 0 saturated heterocycles. The highest BCUT2D eigenvalue weighted by Crippen LogP contribution is 2.40. The largest absolute Gasteiger partial charge is 0.488 e. The molecule has 31 heavy (non-hydrogen) atoms. The number of hydrogen-bond acceptors (Lipinski definition) is 3. The predicted octanol–water partition coefficient (Wildman–Crippen LogP) is 5.82. The van der Waals surface area contributed by atoms with E-state index in [0.717, 1.165) is 27.6 Å². The molecule has 0 N–H and O–H groups in total. The molecule has 5 rings (SSSR count). The molecule has 0 fully saturated rings. The molecule has 1 aliphatic heterocycles. The summed E-state index contributed by atoms with van der Waals surface area (Å²) in [5.74, 6) is 0.943. The molecule has 0 amide bonds. The first kappa shape index (κ1) is 19.1. The highest BCUT2D eigenvalue weighted by atomic mass is 19.1. The van der Waals surface area contributed by atoms with Gasteiger partial charge < -0.3 is 14.0 Å². The van der Waals surface area contributed by atoms with E-state index in [2.05, 4.69) is 0 Å². The molecule has 0 atom stereocenters. The van der Waals surface area contributed by atoms with Crippen LogP contribution in [0.2, 0.25) is 0 Å². The monoisotopic (exact) mass is 413 g/mol. The summed E-state index contributed by atoms with van der Waals surface area (Å²) in [6.45, 7) is 2.08. The highest BCUT2D eigenvalue weighted by Gasteiger charge is 2.30. The summed E-state index contributed by atoms with van der Waals surface area (Å²) in [4.78, 5) is 12.9. The van der Waals surface area contributed by atoms with Crippen LogP contribution in [0, 0.1) is 12.7 Å². The molecule has 0 saturated carbocycles. The molecule has 2 heterocycles. The van der Waals surface area contributed by atoms with Crippen molar-refractivity contribution in [2.24, 2.45) is 7.05 Å². The lowest BCUT2D eigenvalue weighted by Crippen LogP contribution is -1.98. The number of carbonyl (C=O) groups is 1. The van der Waals surface area contributed by atoms with Crippen molar-refractivity contribution in [2.75, 3.05) is 0 Å². The van der Waals surface area contributed by atoms with Crippen molar-refractivity contribution < 1.29 is 18.7 Å². The number of halogens is 1. The Morgan fingerprint density at radius 2 is 1.94 bits per heavy atom. The number of ether oxygens (including phenoxy) is 2. The lowest BCUT2D eigenvalue weighted by Gasteiger charge is -2.11. The maximum Gasteiger partial charge on any atom is 0.231 e. The maximum absolute atomic E-state index is 13.4. The Kier molecular flexibility index (Phi) is 4.59. The lowest BCUT2D eigenvalue weighted by molar-refractivity contribution is 0.101. The van der Waals surface area contributed by atoms with Crippen LogP contribution in [0.4, 0.5) is 4.39 Å². The molecule has 3 aromatic carbocycles. The molecule has 1 aromatic heterocycles. The second-order valence-electron chi connectivity index (χ2n) is 7.64. The van der Waals surface area contributed by atoms with E-state index in [9.17, 15) is 9.18 Å². The Morgan fingerprint density at radius 1 is 1.10 bits per heavy atom. The molecule has 5 heteroatoms. The summed E-state index contributed by atoms with van der Waals surface area (Å²) in [6, 6.07) is 17.8. The number of hydrogen-bond donors (Lipinski definition) is 0. The first-order valence-corrected chi connectivity index (χ1v) is 10.0. The topological polar surface area (TPSA) is 40.5 Å². The summed E-state index contributed by atoms with van der Waals surface area (Å²) in [6.07, 6.45) is 3.77. The SMILES string of the molecule is Cc1c(OCc2cccc(F)c2)ccc2c1O/C(=C\c1cn(C)c3ccccc13)C2=O. The third kappa shape index (κ3) is 3.38. The van der Waals surface area contributed by atoms with Crippen LogP contribution in [-0.4, -0.2) is 10.4 Å². The van der Waals surface area contributed by atoms with Crippen molar-refractivity contribution in [1.82, 2.24) is 4.57 Å². The van der Waals surface area contributed by atoms with Gasteiger partial charge in [-0.2, -0.15) is 0 Å².